The first-order valence-electron chi connectivity index (χ1n) is 9.55. The Balaban J connectivity index is 1.77. The van der Waals surface area contributed by atoms with E-state index in [4.69, 9.17) is 4.74 Å². The summed E-state index contributed by atoms with van der Waals surface area (Å²) in [7, 11) is 1.57. The SMILES string of the molecule is COc1ccc(C)cc1NC1=C(c2ccccc2)C(=O)N(Cc2ccncc2)C1=O. The van der Waals surface area contributed by atoms with E-state index >= 15 is 0 Å². The van der Waals surface area contributed by atoms with E-state index in [1.54, 1.807) is 31.6 Å². The van der Waals surface area contributed by atoms with Crippen LogP contribution in [0.4, 0.5) is 5.69 Å². The van der Waals surface area contributed by atoms with Crippen LogP contribution in [0.25, 0.3) is 5.57 Å². The number of methoxy groups -OCH3 is 1. The van der Waals surface area contributed by atoms with E-state index in [2.05, 4.69) is 10.3 Å². The third-order valence-corrected chi connectivity index (χ3v) is 4.94. The maximum Gasteiger partial charge on any atom is 0.278 e. The second-order valence-corrected chi connectivity index (χ2v) is 7.00. The molecule has 0 fully saturated rings. The average Bonchev–Trinajstić information content (AvgIpc) is 2.99. The van der Waals surface area contributed by atoms with E-state index in [0.29, 0.717) is 22.6 Å². The third kappa shape index (κ3) is 3.67. The number of hydrogen-bond donors (Lipinski definition) is 1. The molecule has 3 aromatic rings. The van der Waals surface area contributed by atoms with Gasteiger partial charge in [0, 0.05) is 12.4 Å². The van der Waals surface area contributed by atoms with Crippen molar-refractivity contribution in [3.8, 4) is 5.75 Å². The monoisotopic (exact) mass is 399 g/mol. The van der Waals surface area contributed by atoms with Gasteiger partial charge in [0.15, 0.2) is 0 Å². The highest BCUT2D eigenvalue weighted by Gasteiger charge is 2.39. The number of anilines is 1. The number of rotatable bonds is 6. The van der Waals surface area contributed by atoms with Crippen molar-refractivity contribution in [2.75, 3.05) is 12.4 Å². The van der Waals surface area contributed by atoms with Crippen LogP contribution in [0.5, 0.6) is 5.75 Å². The lowest BCUT2D eigenvalue weighted by molar-refractivity contribution is -0.137. The number of carbonyl (C=O) groups is 2. The summed E-state index contributed by atoms with van der Waals surface area (Å²) in [5.41, 5.74) is 3.73. The van der Waals surface area contributed by atoms with Crippen LogP contribution in [0.2, 0.25) is 0 Å². The predicted molar refractivity (Wildman–Crippen MR) is 115 cm³/mol. The number of nitrogens with one attached hydrogen (secondary N) is 1. The van der Waals surface area contributed by atoms with Gasteiger partial charge in [-0.1, -0.05) is 36.4 Å². The summed E-state index contributed by atoms with van der Waals surface area (Å²) in [5.74, 6) is -0.121. The summed E-state index contributed by atoms with van der Waals surface area (Å²) < 4.78 is 5.43. The second kappa shape index (κ2) is 8.21. The molecule has 6 nitrogen and oxygen atoms in total. The Hall–Kier alpha value is -3.93. The smallest absolute Gasteiger partial charge is 0.278 e. The molecule has 1 N–H and O–H groups in total. The molecule has 1 aliphatic heterocycles. The number of aromatic nitrogens is 1. The molecule has 30 heavy (non-hydrogen) atoms. The van der Waals surface area contributed by atoms with Gasteiger partial charge in [-0.05, 0) is 47.9 Å². The molecule has 0 spiro atoms. The minimum atomic E-state index is -0.376. The highest BCUT2D eigenvalue weighted by Crippen LogP contribution is 2.34. The highest BCUT2D eigenvalue weighted by molar-refractivity contribution is 6.36. The first kappa shape index (κ1) is 19.4. The van der Waals surface area contributed by atoms with E-state index in [0.717, 1.165) is 11.1 Å². The van der Waals surface area contributed by atoms with Crippen LogP contribution in [0, 0.1) is 6.92 Å². The Morgan fingerprint density at radius 2 is 1.70 bits per heavy atom. The Morgan fingerprint density at radius 3 is 2.40 bits per heavy atom. The summed E-state index contributed by atoms with van der Waals surface area (Å²) in [6, 6.07) is 18.4. The number of pyridine rings is 1. The van der Waals surface area contributed by atoms with Crippen LogP contribution < -0.4 is 10.1 Å². The maximum absolute atomic E-state index is 13.3. The molecule has 1 aliphatic rings. The molecule has 6 heteroatoms. The molecule has 150 valence electrons. The summed E-state index contributed by atoms with van der Waals surface area (Å²) in [4.78, 5) is 31.9. The van der Waals surface area contributed by atoms with Gasteiger partial charge in [0.25, 0.3) is 11.8 Å². The van der Waals surface area contributed by atoms with Crippen LogP contribution >= 0.6 is 0 Å². The lowest BCUT2D eigenvalue weighted by Gasteiger charge is -2.16. The molecule has 2 heterocycles. The lowest BCUT2D eigenvalue weighted by atomic mass is 10.0. The minimum absolute atomic E-state index is 0.173. The van der Waals surface area contributed by atoms with Crippen molar-refractivity contribution in [1.82, 2.24) is 9.88 Å². The zero-order valence-corrected chi connectivity index (χ0v) is 16.8. The molecule has 0 atom stereocenters. The molecule has 4 rings (SSSR count). The second-order valence-electron chi connectivity index (χ2n) is 7.00. The molecule has 2 aromatic carbocycles. The largest absolute Gasteiger partial charge is 0.495 e. The number of nitrogens with zero attached hydrogens (tertiary/aromatic N) is 2. The van der Waals surface area contributed by atoms with Crippen LogP contribution in [-0.2, 0) is 16.1 Å². The maximum atomic E-state index is 13.3. The standard InChI is InChI=1S/C24H21N3O3/c1-16-8-9-20(30-2)19(14-16)26-22-21(18-6-4-3-5-7-18)23(28)27(24(22)29)15-17-10-12-25-13-11-17/h3-14,26H,15H2,1-2H3. The fourth-order valence-corrected chi connectivity index (χ4v) is 3.43. The highest BCUT2D eigenvalue weighted by atomic mass is 16.5. The summed E-state index contributed by atoms with van der Waals surface area (Å²) in [6.45, 7) is 2.13. The van der Waals surface area contributed by atoms with E-state index in [1.807, 2.05) is 55.5 Å². The lowest BCUT2D eigenvalue weighted by Crippen LogP contribution is -2.32. The number of carbonyl (C=O) groups excluding carboxylic acids is 2. The minimum Gasteiger partial charge on any atom is -0.495 e. The van der Waals surface area contributed by atoms with Crippen LogP contribution in [0.1, 0.15) is 16.7 Å². The summed E-state index contributed by atoms with van der Waals surface area (Å²) in [5, 5.41) is 3.18. The van der Waals surface area contributed by atoms with Gasteiger partial charge in [-0.3, -0.25) is 19.5 Å². The fraction of sp³-hybridized carbons (Fsp3) is 0.125. The van der Waals surface area contributed by atoms with Crippen molar-refractivity contribution in [3.63, 3.8) is 0 Å². The quantitative estimate of drug-likeness (QED) is 0.639. The van der Waals surface area contributed by atoms with Gasteiger partial charge in [-0.2, -0.15) is 0 Å². The van der Waals surface area contributed by atoms with Gasteiger partial charge >= 0.3 is 0 Å². The topological polar surface area (TPSA) is 71.5 Å². The number of benzene rings is 2. The zero-order chi connectivity index (χ0) is 21.1. The van der Waals surface area contributed by atoms with Gasteiger partial charge in [0.2, 0.25) is 0 Å². The Bertz CT molecular complexity index is 1120. The van der Waals surface area contributed by atoms with Crippen LogP contribution in [0.3, 0.4) is 0 Å². The van der Waals surface area contributed by atoms with E-state index in [9.17, 15) is 9.59 Å². The van der Waals surface area contributed by atoms with Crippen LogP contribution in [0.15, 0.2) is 78.8 Å². The average molecular weight is 399 g/mol. The third-order valence-electron chi connectivity index (χ3n) is 4.94. The van der Waals surface area contributed by atoms with Crippen molar-refractivity contribution >= 4 is 23.1 Å². The number of amides is 2. The molecule has 0 saturated carbocycles. The molecule has 0 unspecified atom stereocenters. The van der Waals surface area contributed by atoms with Crippen molar-refractivity contribution in [1.29, 1.82) is 0 Å². The Morgan fingerprint density at radius 1 is 0.967 bits per heavy atom. The summed E-state index contributed by atoms with van der Waals surface area (Å²) in [6.07, 6.45) is 3.28. The first-order chi connectivity index (χ1) is 14.6. The Labute approximate surface area is 174 Å². The van der Waals surface area contributed by atoms with Crippen LogP contribution in [-0.4, -0.2) is 28.8 Å². The number of hydrogen-bond acceptors (Lipinski definition) is 5. The van der Waals surface area contributed by atoms with Gasteiger partial charge in [0.05, 0.1) is 24.9 Å². The molecule has 0 saturated heterocycles. The predicted octanol–water partition coefficient (Wildman–Crippen LogP) is 3.79. The van der Waals surface area contributed by atoms with Crippen molar-refractivity contribution < 1.29 is 14.3 Å². The van der Waals surface area contributed by atoms with Crippen molar-refractivity contribution in [3.05, 3.63) is 95.4 Å². The molecule has 2 amide bonds. The van der Waals surface area contributed by atoms with Gasteiger partial charge in [0.1, 0.15) is 11.4 Å². The number of imide groups is 1. The Kier molecular flexibility index (Phi) is 5.30. The fourth-order valence-electron chi connectivity index (χ4n) is 3.43. The van der Waals surface area contributed by atoms with Gasteiger partial charge in [-0.15, -0.1) is 0 Å². The molecule has 0 radical (unpaired) electrons. The van der Waals surface area contributed by atoms with Gasteiger partial charge in [-0.25, -0.2) is 0 Å². The molecule has 1 aromatic heterocycles. The van der Waals surface area contributed by atoms with Crippen molar-refractivity contribution in [2.24, 2.45) is 0 Å². The number of ether oxygens (including phenoxy) is 1. The molecular formula is C24H21N3O3. The first-order valence-corrected chi connectivity index (χ1v) is 9.55. The van der Waals surface area contributed by atoms with Crippen molar-refractivity contribution in [2.45, 2.75) is 13.5 Å². The van der Waals surface area contributed by atoms with Gasteiger partial charge < -0.3 is 10.1 Å². The molecule has 0 bridgehead atoms. The van der Waals surface area contributed by atoms with E-state index in [-0.39, 0.29) is 24.1 Å². The van der Waals surface area contributed by atoms with E-state index in [1.165, 1.54) is 4.90 Å². The summed E-state index contributed by atoms with van der Waals surface area (Å²) >= 11 is 0. The zero-order valence-electron chi connectivity index (χ0n) is 16.8. The molecular weight excluding hydrogens is 378 g/mol. The number of aryl methyl sites for hydroxylation is 1. The molecule has 0 aliphatic carbocycles. The normalized spacial score (nSPS) is 13.7. The van der Waals surface area contributed by atoms with E-state index < -0.39 is 0 Å².